The minimum absolute atomic E-state index is 0.0242. The Bertz CT molecular complexity index is 814. The lowest BCUT2D eigenvalue weighted by Gasteiger charge is -2.40. The Labute approximate surface area is 162 Å². The molecule has 1 fully saturated rings. The molecule has 2 aliphatic rings. The van der Waals surface area contributed by atoms with Gasteiger partial charge in [-0.15, -0.1) is 0 Å². The molecule has 2 aromatic rings. The third-order valence-corrected chi connectivity index (χ3v) is 5.73. The molecule has 1 heterocycles. The van der Waals surface area contributed by atoms with E-state index in [9.17, 15) is 0 Å². The lowest BCUT2D eigenvalue weighted by Crippen LogP contribution is -2.48. The van der Waals surface area contributed by atoms with Gasteiger partial charge in [0.25, 0.3) is 0 Å². The van der Waals surface area contributed by atoms with Crippen LogP contribution in [0.4, 0.5) is 0 Å². The highest BCUT2D eigenvalue weighted by atomic mass is 16.5. The maximum absolute atomic E-state index is 6.73. The number of hydrogen-bond acceptors (Lipinski definition) is 3. The van der Waals surface area contributed by atoms with Gasteiger partial charge in [-0.3, -0.25) is 4.90 Å². The van der Waals surface area contributed by atoms with Crippen LogP contribution in [-0.4, -0.2) is 36.7 Å². The van der Waals surface area contributed by atoms with E-state index in [1.807, 2.05) is 0 Å². The van der Waals surface area contributed by atoms with Crippen molar-refractivity contribution in [2.45, 2.75) is 45.1 Å². The molecule has 1 aliphatic carbocycles. The summed E-state index contributed by atoms with van der Waals surface area (Å²) in [5, 5.41) is 0. The summed E-state index contributed by atoms with van der Waals surface area (Å²) in [6.07, 6.45) is 4.25. The summed E-state index contributed by atoms with van der Waals surface area (Å²) in [6.45, 7) is 9.30. The largest absolute Gasteiger partial charge is 0.372 e. The maximum atomic E-state index is 6.73. The van der Waals surface area contributed by atoms with Crippen LogP contribution in [0, 0.1) is 6.92 Å². The fourth-order valence-corrected chi connectivity index (χ4v) is 4.11. The average Bonchev–Trinajstić information content (AvgIpc) is 3.10. The van der Waals surface area contributed by atoms with E-state index in [-0.39, 0.29) is 18.3 Å². The van der Waals surface area contributed by atoms with Crippen molar-refractivity contribution in [1.82, 2.24) is 4.90 Å². The third-order valence-electron chi connectivity index (χ3n) is 5.73. The van der Waals surface area contributed by atoms with Crippen LogP contribution in [0.25, 0.3) is 6.08 Å². The molecule has 3 nitrogen and oxygen atoms in total. The number of nitrogens with zero attached hydrogens (tertiary/aromatic N) is 1. The summed E-state index contributed by atoms with van der Waals surface area (Å²) in [6, 6.07) is 17.5. The second kappa shape index (κ2) is 7.97. The highest BCUT2D eigenvalue weighted by molar-refractivity contribution is 5.61. The summed E-state index contributed by atoms with van der Waals surface area (Å²) in [7, 11) is 0. The standard InChI is InChI=1S/C24H29NO2/c1-17(2)25-14-15-26-23(16-25)24(20-10-6-4-8-18(20)3)27-22-13-12-19-9-5-7-11-21(19)22/h4-13,17,22-24H,14-16H2,1-3H3. The average molecular weight is 364 g/mol. The number of aryl methyl sites for hydroxylation is 1. The summed E-state index contributed by atoms with van der Waals surface area (Å²) in [4.78, 5) is 2.49. The van der Waals surface area contributed by atoms with E-state index in [4.69, 9.17) is 9.47 Å². The summed E-state index contributed by atoms with van der Waals surface area (Å²) < 4.78 is 13.0. The van der Waals surface area contributed by atoms with E-state index in [1.165, 1.54) is 22.3 Å². The second-order valence-electron chi connectivity index (χ2n) is 7.82. The zero-order chi connectivity index (χ0) is 18.8. The van der Waals surface area contributed by atoms with Gasteiger partial charge in [-0.1, -0.05) is 60.7 Å². The summed E-state index contributed by atoms with van der Waals surface area (Å²) in [5.74, 6) is 0. The van der Waals surface area contributed by atoms with E-state index in [0.717, 1.165) is 19.7 Å². The molecule has 0 spiro atoms. The highest BCUT2D eigenvalue weighted by Crippen LogP contribution is 2.38. The quantitative estimate of drug-likeness (QED) is 0.752. The Morgan fingerprint density at radius 2 is 1.85 bits per heavy atom. The number of benzene rings is 2. The van der Waals surface area contributed by atoms with Crippen LogP contribution >= 0.6 is 0 Å². The summed E-state index contributed by atoms with van der Waals surface area (Å²) in [5.41, 5.74) is 4.97. The smallest absolute Gasteiger partial charge is 0.111 e. The van der Waals surface area contributed by atoms with Crippen molar-refractivity contribution >= 4 is 6.08 Å². The number of morpholine rings is 1. The van der Waals surface area contributed by atoms with Gasteiger partial charge in [-0.05, 0) is 43.0 Å². The Balaban J connectivity index is 1.63. The molecule has 4 rings (SSSR count). The number of ether oxygens (including phenoxy) is 2. The maximum Gasteiger partial charge on any atom is 0.111 e. The Morgan fingerprint density at radius 3 is 2.67 bits per heavy atom. The molecule has 0 saturated carbocycles. The normalized spacial score (nSPS) is 23.6. The molecule has 27 heavy (non-hydrogen) atoms. The fourth-order valence-electron chi connectivity index (χ4n) is 4.11. The van der Waals surface area contributed by atoms with Crippen LogP contribution in [0.3, 0.4) is 0 Å². The van der Waals surface area contributed by atoms with Gasteiger partial charge in [0.15, 0.2) is 0 Å². The topological polar surface area (TPSA) is 21.7 Å². The zero-order valence-electron chi connectivity index (χ0n) is 16.5. The highest BCUT2D eigenvalue weighted by Gasteiger charge is 2.34. The van der Waals surface area contributed by atoms with Crippen LogP contribution in [0.1, 0.15) is 48.3 Å². The van der Waals surface area contributed by atoms with Crippen molar-refractivity contribution < 1.29 is 9.47 Å². The van der Waals surface area contributed by atoms with Crippen LogP contribution in [0.2, 0.25) is 0 Å². The van der Waals surface area contributed by atoms with Gasteiger partial charge in [0.2, 0.25) is 0 Å². The van der Waals surface area contributed by atoms with Crippen LogP contribution in [-0.2, 0) is 9.47 Å². The van der Waals surface area contributed by atoms with Crippen LogP contribution < -0.4 is 0 Å². The molecular weight excluding hydrogens is 334 g/mol. The number of hydrogen-bond donors (Lipinski definition) is 0. The van der Waals surface area contributed by atoms with Crippen molar-refractivity contribution in [3.8, 4) is 0 Å². The first-order valence-corrected chi connectivity index (χ1v) is 9.97. The van der Waals surface area contributed by atoms with Gasteiger partial charge in [-0.2, -0.15) is 0 Å². The van der Waals surface area contributed by atoms with E-state index in [0.29, 0.717) is 6.04 Å². The van der Waals surface area contributed by atoms with Crippen LogP contribution in [0.5, 0.6) is 0 Å². The zero-order valence-corrected chi connectivity index (χ0v) is 16.5. The Hall–Kier alpha value is -1.94. The van der Waals surface area contributed by atoms with Gasteiger partial charge in [0, 0.05) is 19.1 Å². The second-order valence-corrected chi connectivity index (χ2v) is 7.82. The predicted molar refractivity (Wildman–Crippen MR) is 110 cm³/mol. The molecule has 0 radical (unpaired) electrons. The minimum Gasteiger partial charge on any atom is -0.372 e. The molecule has 0 bridgehead atoms. The van der Waals surface area contributed by atoms with E-state index in [2.05, 4.69) is 86.4 Å². The first kappa shape index (κ1) is 18.4. The van der Waals surface area contributed by atoms with Gasteiger partial charge in [0.1, 0.15) is 18.3 Å². The van der Waals surface area contributed by atoms with Gasteiger partial charge in [0.05, 0.1) is 6.61 Å². The van der Waals surface area contributed by atoms with Gasteiger partial charge < -0.3 is 9.47 Å². The molecule has 0 N–H and O–H groups in total. The van der Waals surface area contributed by atoms with Gasteiger partial charge >= 0.3 is 0 Å². The van der Waals surface area contributed by atoms with Crippen LogP contribution in [0.15, 0.2) is 54.6 Å². The molecule has 0 amide bonds. The molecular formula is C24H29NO2. The van der Waals surface area contributed by atoms with Crippen molar-refractivity contribution in [3.05, 3.63) is 76.9 Å². The predicted octanol–water partition coefficient (Wildman–Crippen LogP) is 4.93. The van der Waals surface area contributed by atoms with E-state index >= 15 is 0 Å². The van der Waals surface area contributed by atoms with E-state index in [1.54, 1.807) is 0 Å². The monoisotopic (exact) mass is 363 g/mol. The van der Waals surface area contributed by atoms with Crippen molar-refractivity contribution in [2.24, 2.45) is 0 Å². The molecule has 0 aromatic heterocycles. The SMILES string of the molecule is Cc1ccccc1C(OC1C=Cc2ccccc21)C1CN(C(C)C)CCO1. The number of fused-ring (bicyclic) bond motifs is 1. The summed E-state index contributed by atoms with van der Waals surface area (Å²) >= 11 is 0. The Morgan fingerprint density at radius 1 is 1.07 bits per heavy atom. The molecule has 2 aromatic carbocycles. The Kier molecular flexibility index (Phi) is 5.44. The van der Waals surface area contributed by atoms with Crippen molar-refractivity contribution in [3.63, 3.8) is 0 Å². The lowest BCUT2D eigenvalue weighted by atomic mass is 9.97. The molecule has 142 valence electrons. The van der Waals surface area contributed by atoms with Crippen molar-refractivity contribution in [2.75, 3.05) is 19.7 Å². The molecule has 1 saturated heterocycles. The van der Waals surface area contributed by atoms with E-state index < -0.39 is 0 Å². The lowest BCUT2D eigenvalue weighted by molar-refractivity contribution is -0.130. The first-order chi connectivity index (χ1) is 13.1. The fraction of sp³-hybridized carbons (Fsp3) is 0.417. The molecule has 1 aliphatic heterocycles. The molecule has 3 unspecified atom stereocenters. The first-order valence-electron chi connectivity index (χ1n) is 9.97. The number of rotatable bonds is 5. The third kappa shape index (κ3) is 3.86. The minimum atomic E-state index is -0.0893. The van der Waals surface area contributed by atoms with Crippen molar-refractivity contribution in [1.29, 1.82) is 0 Å². The van der Waals surface area contributed by atoms with Gasteiger partial charge in [-0.25, -0.2) is 0 Å². The molecule has 3 heteroatoms. The molecule has 3 atom stereocenters.